The fourth-order valence-electron chi connectivity index (χ4n) is 1.65. The molecule has 0 amide bonds. The molecule has 0 aliphatic heterocycles. The van der Waals surface area contributed by atoms with Crippen molar-refractivity contribution in [3.05, 3.63) is 11.2 Å². The molecule has 0 radical (unpaired) electrons. The van der Waals surface area contributed by atoms with Crippen LogP contribution in [0.25, 0.3) is 0 Å². The molecular weight excluding hydrogens is 212 g/mol. The van der Waals surface area contributed by atoms with Gasteiger partial charge in [-0.15, -0.1) is 0 Å². The van der Waals surface area contributed by atoms with Crippen molar-refractivity contribution < 1.29 is 0 Å². The highest BCUT2D eigenvalue weighted by Crippen LogP contribution is 2.51. The molecule has 0 bridgehead atoms. The lowest BCUT2D eigenvalue weighted by atomic mass is 10.1. The lowest BCUT2D eigenvalue weighted by Gasteiger charge is -2.08. The Morgan fingerprint density at radius 1 is 1.67 bits per heavy atom. The van der Waals surface area contributed by atoms with Crippen LogP contribution in [0.5, 0.6) is 0 Å². The molecule has 2 rings (SSSR count). The van der Waals surface area contributed by atoms with E-state index in [1.807, 2.05) is 0 Å². The van der Waals surface area contributed by atoms with Gasteiger partial charge in [0.05, 0.1) is 6.20 Å². The largest absolute Gasteiger partial charge is 0.368 e. The van der Waals surface area contributed by atoms with Crippen LogP contribution in [0.15, 0.2) is 6.20 Å². The summed E-state index contributed by atoms with van der Waals surface area (Å²) in [5.41, 5.74) is 5.94. The summed E-state index contributed by atoms with van der Waals surface area (Å²) in [4.78, 5) is 7.85. The van der Waals surface area contributed by atoms with Gasteiger partial charge in [0.2, 0.25) is 5.95 Å². The summed E-state index contributed by atoms with van der Waals surface area (Å²) in [5.74, 6) is 1.58. The fraction of sp³-hybridized carbons (Fsp3) is 0.600. The molecule has 1 unspecified atom stereocenters. The van der Waals surface area contributed by atoms with Crippen LogP contribution in [0.3, 0.4) is 0 Å². The third kappa shape index (κ3) is 2.31. The number of hydrogen-bond donors (Lipinski definition) is 2. The lowest BCUT2D eigenvalue weighted by Crippen LogP contribution is -2.10. The van der Waals surface area contributed by atoms with Gasteiger partial charge in [-0.2, -0.15) is 4.98 Å². The van der Waals surface area contributed by atoms with Gasteiger partial charge >= 0.3 is 0 Å². The molecule has 0 spiro atoms. The zero-order valence-corrected chi connectivity index (χ0v) is 9.67. The zero-order valence-electron chi connectivity index (χ0n) is 8.92. The molecule has 4 nitrogen and oxygen atoms in total. The smallest absolute Gasteiger partial charge is 0.222 e. The van der Waals surface area contributed by atoms with Crippen molar-refractivity contribution in [3.63, 3.8) is 0 Å². The number of aromatic nitrogens is 2. The van der Waals surface area contributed by atoms with E-state index in [9.17, 15) is 0 Å². The van der Waals surface area contributed by atoms with Crippen molar-refractivity contribution in [2.45, 2.75) is 20.3 Å². The van der Waals surface area contributed by atoms with Crippen LogP contribution >= 0.6 is 11.6 Å². The number of anilines is 2. The van der Waals surface area contributed by atoms with Crippen LogP contribution in [0.2, 0.25) is 5.02 Å². The van der Waals surface area contributed by atoms with Crippen LogP contribution in [0.4, 0.5) is 11.8 Å². The summed E-state index contributed by atoms with van der Waals surface area (Å²) in [5, 5.41) is 3.72. The third-order valence-electron chi connectivity index (χ3n) is 3.00. The number of halogens is 1. The molecule has 15 heavy (non-hydrogen) atoms. The minimum atomic E-state index is 0.247. The molecule has 1 aromatic rings. The van der Waals surface area contributed by atoms with Gasteiger partial charge in [0, 0.05) is 6.54 Å². The molecule has 0 saturated heterocycles. The molecule has 0 aromatic carbocycles. The normalized spacial score (nSPS) is 22.5. The Hall–Kier alpha value is -1.03. The van der Waals surface area contributed by atoms with Gasteiger partial charge in [-0.3, -0.25) is 0 Å². The van der Waals surface area contributed by atoms with Gasteiger partial charge in [0.15, 0.2) is 0 Å². The highest BCUT2D eigenvalue weighted by Gasteiger charge is 2.45. The summed E-state index contributed by atoms with van der Waals surface area (Å²) >= 11 is 5.93. The first kappa shape index (κ1) is 10.5. The van der Waals surface area contributed by atoms with Crippen LogP contribution in [-0.2, 0) is 0 Å². The highest BCUT2D eigenvalue weighted by molar-refractivity contribution is 6.32. The number of nitrogens with two attached hydrogens (primary N) is 1. The average Bonchev–Trinajstić information content (AvgIpc) is 2.76. The quantitative estimate of drug-likeness (QED) is 0.829. The van der Waals surface area contributed by atoms with Gasteiger partial charge in [-0.25, -0.2) is 4.98 Å². The molecule has 1 aromatic heterocycles. The Balaban J connectivity index is 1.96. The molecule has 1 aliphatic carbocycles. The van der Waals surface area contributed by atoms with Crippen molar-refractivity contribution in [1.29, 1.82) is 0 Å². The molecule has 1 atom stereocenters. The van der Waals surface area contributed by atoms with E-state index in [4.69, 9.17) is 17.3 Å². The van der Waals surface area contributed by atoms with Crippen LogP contribution in [0.1, 0.15) is 20.3 Å². The molecule has 82 valence electrons. The Labute approximate surface area is 94.2 Å². The average molecular weight is 227 g/mol. The van der Waals surface area contributed by atoms with E-state index in [0.717, 1.165) is 6.54 Å². The lowest BCUT2D eigenvalue weighted by molar-refractivity contribution is 0.573. The van der Waals surface area contributed by atoms with E-state index < -0.39 is 0 Å². The first-order chi connectivity index (χ1) is 6.99. The van der Waals surface area contributed by atoms with E-state index in [-0.39, 0.29) is 5.95 Å². The van der Waals surface area contributed by atoms with Gasteiger partial charge in [-0.1, -0.05) is 25.4 Å². The van der Waals surface area contributed by atoms with E-state index in [2.05, 4.69) is 29.1 Å². The highest BCUT2D eigenvalue weighted by atomic mass is 35.5. The SMILES string of the molecule is CC1(C)CC1CNc1nc(N)ncc1Cl. The molecule has 1 saturated carbocycles. The van der Waals surface area contributed by atoms with Crippen LogP contribution in [0, 0.1) is 11.3 Å². The fourth-order valence-corrected chi connectivity index (χ4v) is 1.81. The molecular formula is C10H15ClN4. The number of nitrogens with one attached hydrogen (secondary N) is 1. The first-order valence-electron chi connectivity index (χ1n) is 5.01. The van der Waals surface area contributed by atoms with E-state index in [1.165, 1.54) is 12.6 Å². The number of rotatable bonds is 3. The summed E-state index contributed by atoms with van der Waals surface area (Å²) < 4.78 is 0. The predicted octanol–water partition coefficient (Wildman–Crippen LogP) is 2.17. The number of nitrogens with zero attached hydrogens (tertiary/aromatic N) is 2. The van der Waals surface area contributed by atoms with E-state index in [1.54, 1.807) is 0 Å². The molecule has 3 N–H and O–H groups in total. The standard InChI is InChI=1S/C10H15ClN4/c1-10(2)3-6(10)4-13-8-7(11)5-14-9(12)15-8/h5-6H,3-4H2,1-2H3,(H3,12,13,14,15). The Morgan fingerprint density at radius 2 is 2.33 bits per heavy atom. The summed E-state index contributed by atoms with van der Waals surface area (Å²) in [6.45, 7) is 5.41. The number of hydrogen-bond acceptors (Lipinski definition) is 4. The van der Waals surface area contributed by atoms with Gasteiger partial charge in [0.25, 0.3) is 0 Å². The van der Waals surface area contributed by atoms with E-state index in [0.29, 0.717) is 22.2 Å². The van der Waals surface area contributed by atoms with Crippen molar-refractivity contribution >= 4 is 23.4 Å². The topological polar surface area (TPSA) is 63.8 Å². The van der Waals surface area contributed by atoms with Gasteiger partial charge in [0.1, 0.15) is 10.8 Å². The summed E-state index contributed by atoms with van der Waals surface area (Å²) in [6.07, 6.45) is 2.77. The van der Waals surface area contributed by atoms with Crippen molar-refractivity contribution in [1.82, 2.24) is 9.97 Å². The Kier molecular flexibility index (Phi) is 2.46. The van der Waals surface area contributed by atoms with Crippen LogP contribution in [-0.4, -0.2) is 16.5 Å². The first-order valence-corrected chi connectivity index (χ1v) is 5.39. The second kappa shape index (κ2) is 3.52. The minimum absolute atomic E-state index is 0.247. The minimum Gasteiger partial charge on any atom is -0.368 e. The molecule has 1 fully saturated rings. The second-order valence-corrected chi connectivity index (χ2v) is 5.10. The molecule has 1 aliphatic rings. The van der Waals surface area contributed by atoms with Crippen molar-refractivity contribution in [2.24, 2.45) is 11.3 Å². The molecule has 1 heterocycles. The molecule has 5 heteroatoms. The summed E-state index contributed by atoms with van der Waals surface area (Å²) in [6, 6.07) is 0. The van der Waals surface area contributed by atoms with Gasteiger partial charge in [-0.05, 0) is 17.8 Å². The van der Waals surface area contributed by atoms with Crippen LogP contribution < -0.4 is 11.1 Å². The predicted molar refractivity (Wildman–Crippen MR) is 61.8 cm³/mol. The zero-order chi connectivity index (χ0) is 11.1. The monoisotopic (exact) mass is 226 g/mol. The maximum atomic E-state index is 5.93. The van der Waals surface area contributed by atoms with Gasteiger partial charge < -0.3 is 11.1 Å². The Morgan fingerprint density at radius 3 is 2.93 bits per heavy atom. The van der Waals surface area contributed by atoms with E-state index >= 15 is 0 Å². The van der Waals surface area contributed by atoms with Crippen molar-refractivity contribution in [3.8, 4) is 0 Å². The third-order valence-corrected chi connectivity index (χ3v) is 3.27. The van der Waals surface area contributed by atoms with Crippen molar-refractivity contribution in [2.75, 3.05) is 17.6 Å². The maximum absolute atomic E-state index is 5.93. The Bertz CT molecular complexity index is 378. The second-order valence-electron chi connectivity index (χ2n) is 4.70. The maximum Gasteiger partial charge on any atom is 0.222 e. The summed E-state index contributed by atoms with van der Waals surface area (Å²) in [7, 11) is 0. The number of nitrogen functional groups attached to an aromatic ring is 1.